The van der Waals surface area contributed by atoms with Crippen molar-refractivity contribution in [3.8, 4) is 22.8 Å². The summed E-state index contributed by atoms with van der Waals surface area (Å²) in [6.45, 7) is 0. The quantitative estimate of drug-likeness (QED) is 0.481. The van der Waals surface area contributed by atoms with Gasteiger partial charge in [-0.15, -0.1) is 11.3 Å². The van der Waals surface area contributed by atoms with Crippen LogP contribution in [0.1, 0.15) is 0 Å². The van der Waals surface area contributed by atoms with Crippen molar-refractivity contribution < 1.29 is 9.47 Å². The first-order chi connectivity index (χ1) is 12.0. The van der Waals surface area contributed by atoms with Crippen LogP contribution in [0.3, 0.4) is 0 Å². The second-order valence-corrected chi connectivity index (χ2v) is 7.05. The topological polar surface area (TPSA) is 43.4 Å². The third-order valence-corrected chi connectivity index (χ3v) is 5.23. The molecular weight excluding hydrogens is 403 g/mol. The average Bonchev–Trinajstić information content (AvgIpc) is 3.07. The largest absolute Gasteiger partial charge is 0.497 e. The highest BCUT2D eigenvalue weighted by atomic mass is 35.5. The second-order valence-electron chi connectivity index (χ2n) is 4.98. The third-order valence-electron chi connectivity index (χ3n) is 3.44. The first kappa shape index (κ1) is 18.1. The smallest absolute Gasteiger partial charge is 0.187 e. The van der Waals surface area contributed by atoms with Gasteiger partial charge in [0.15, 0.2) is 5.13 Å². The molecule has 25 heavy (non-hydrogen) atoms. The molecule has 0 aliphatic rings. The van der Waals surface area contributed by atoms with E-state index < -0.39 is 0 Å². The van der Waals surface area contributed by atoms with Crippen molar-refractivity contribution in [1.29, 1.82) is 0 Å². The zero-order valence-corrected chi connectivity index (χ0v) is 16.4. The molecular formula is C17H13Cl3N2O2S. The molecule has 0 unspecified atom stereocenters. The second kappa shape index (κ2) is 7.70. The van der Waals surface area contributed by atoms with Gasteiger partial charge in [0.25, 0.3) is 0 Å². The molecule has 4 nitrogen and oxygen atoms in total. The predicted octanol–water partition coefficient (Wildman–Crippen LogP) is 6.53. The zero-order valence-electron chi connectivity index (χ0n) is 13.3. The number of benzene rings is 2. The molecule has 0 aliphatic carbocycles. The highest BCUT2D eigenvalue weighted by molar-refractivity contribution is 7.14. The van der Waals surface area contributed by atoms with E-state index in [-0.39, 0.29) is 0 Å². The molecule has 0 radical (unpaired) electrons. The van der Waals surface area contributed by atoms with E-state index in [1.165, 1.54) is 11.3 Å². The lowest BCUT2D eigenvalue weighted by Crippen LogP contribution is -1.93. The molecule has 1 heterocycles. The fraction of sp³-hybridized carbons (Fsp3) is 0.118. The number of aromatic nitrogens is 1. The molecule has 0 aliphatic heterocycles. The van der Waals surface area contributed by atoms with Crippen molar-refractivity contribution in [2.24, 2.45) is 0 Å². The van der Waals surface area contributed by atoms with Gasteiger partial charge >= 0.3 is 0 Å². The number of methoxy groups -OCH3 is 2. The van der Waals surface area contributed by atoms with Gasteiger partial charge in [-0.1, -0.05) is 34.8 Å². The zero-order chi connectivity index (χ0) is 18.0. The summed E-state index contributed by atoms with van der Waals surface area (Å²) in [6, 6.07) is 8.84. The van der Waals surface area contributed by atoms with E-state index in [4.69, 9.17) is 44.3 Å². The molecule has 0 fully saturated rings. The number of anilines is 2. The Kier molecular flexibility index (Phi) is 5.59. The Labute approximate surface area is 164 Å². The van der Waals surface area contributed by atoms with Crippen molar-refractivity contribution in [3.05, 3.63) is 50.8 Å². The van der Waals surface area contributed by atoms with E-state index in [1.807, 2.05) is 23.6 Å². The molecule has 2 aromatic carbocycles. The SMILES string of the molecule is COc1ccc(-c2csc(Nc3cc(Cl)c(Cl)cc3Cl)n2)c(OC)c1. The summed E-state index contributed by atoms with van der Waals surface area (Å²) in [4.78, 5) is 4.58. The summed E-state index contributed by atoms with van der Waals surface area (Å²) in [6.07, 6.45) is 0. The first-order valence-electron chi connectivity index (χ1n) is 7.11. The molecule has 0 atom stereocenters. The highest BCUT2D eigenvalue weighted by Crippen LogP contribution is 2.37. The summed E-state index contributed by atoms with van der Waals surface area (Å²) in [5.41, 5.74) is 2.29. The molecule has 0 saturated carbocycles. The summed E-state index contributed by atoms with van der Waals surface area (Å²) >= 11 is 19.6. The lowest BCUT2D eigenvalue weighted by Gasteiger charge is -2.09. The van der Waals surface area contributed by atoms with Gasteiger partial charge in [-0.2, -0.15) is 0 Å². The van der Waals surface area contributed by atoms with E-state index in [1.54, 1.807) is 26.4 Å². The normalized spacial score (nSPS) is 10.6. The van der Waals surface area contributed by atoms with Gasteiger partial charge in [0.1, 0.15) is 11.5 Å². The van der Waals surface area contributed by atoms with E-state index in [0.29, 0.717) is 31.6 Å². The standard InChI is InChI=1S/C17H13Cl3N2O2S/c1-23-9-3-4-10(16(5-9)24-2)15-8-25-17(22-15)21-14-7-12(19)11(18)6-13(14)20/h3-8H,1-2H3,(H,21,22). The molecule has 3 aromatic rings. The monoisotopic (exact) mass is 414 g/mol. The molecule has 1 N–H and O–H groups in total. The Hall–Kier alpha value is -1.66. The fourth-order valence-electron chi connectivity index (χ4n) is 2.20. The number of rotatable bonds is 5. The van der Waals surface area contributed by atoms with Crippen LogP contribution in [-0.4, -0.2) is 19.2 Å². The van der Waals surface area contributed by atoms with Crippen LogP contribution in [0.25, 0.3) is 11.3 Å². The molecule has 0 bridgehead atoms. The molecule has 0 amide bonds. The summed E-state index contributed by atoms with van der Waals surface area (Å²) in [7, 11) is 3.22. The number of nitrogens with zero attached hydrogens (tertiary/aromatic N) is 1. The van der Waals surface area contributed by atoms with Crippen molar-refractivity contribution >= 4 is 57.0 Å². The number of nitrogens with one attached hydrogen (secondary N) is 1. The summed E-state index contributed by atoms with van der Waals surface area (Å²) < 4.78 is 10.6. The number of hydrogen-bond acceptors (Lipinski definition) is 5. The first-order valence-corrected chi connectivity index (χ1v) is 9.12. The molecule has 130 valence electrons. The Morgan fingerprint density at radius 1 is 0.960 bits per heavy atom. The Morgan fingerprint density at radius 3 is 2.44 bits per heavy atom. The van der Waals surface area contributed by atoms with Gasteiger partial charge in [0.2, 0.25) is 0 Å². The maximum absolute atomic E-state index is 6.19. The number of halogens is 3. The maximum atomic E-state index is 6.19. The number of thiazole rings is 1. The van der Waals surface area contributed by atoms with Crippen molar-refractivity contribution in [1.82, 2.24) is 4.98 Å². The summed E-state index contributed by atoms with van der Waals surface area (Å²) in [5.74, 6) is 1.40. The number of ether oxygens (including phenoxy) is 2. The van der Waals surface area contributed by atoms with Crippen LogP contribution in [0.4, 0.5) is 10.8 Å². The fourth-order valence-corrected chi connectivity index (χ4v) is 3.52. The van der Waals surface area contributed by atoms with Crippen LogP contribution in [-0.2, 0) is 0 Å². The van der Waals surface area contributed by atoms with Gasteiger partial charge in [0, 0.05) is 17.0 Å². The molecule has 0 spiro atoms. The van der Waals surface area contributed by atoms with E-state index in [0.717, 1.165) is 17.0 Å². The van der Waals surface area contributed by atoms with E-state index in [2.05, 4.69) is 10.3 Å². The lowest BCUT2D eigenvalue weighted by molar-refractivity contribution is 0.395. The third kappa shape index (κ3) is 3.96. The molecule has 8 heteroatoms. The van der Waals surface area contributed by atoms with Crippen molar-refractivity contribution in [2.75, 3.05) is 19.5 Å². The minimum absolute atomic E-state index is 0.403. The predicted molar refractivity (Wildman–Crippen MR) is 105 cm³/mol. The van der Waals surface area contributed by atoms with Crippen LogP contribution < -0.4 is 14.8 Å². The van der Waals surface area contributed by atoms with Gasteiger partial charge in [-0.25, -0.2) is 4.98 Å². The van der Waals surface area contributed by atoms with Gasteiger partial charge in [0.05, 0.1) is 40.7 Å². The van der Waals surface area contributed by atoms with Gasteiger partial charge in [-0.05, 0) is 24.3 Å². The lowest BCUT2D eigenvalue weighted by atomic mass is 10.1. The molecule has 1 aromatic heterocycles. The Morgan fingerprint density at radius 2 is 1.72 bits per heavy atom. The minimum Gasteiger partial charge on any atom is -0.497 e. The number of hydrogen-bond donors (Lipinski definition) is 1. The van der Waals surface area contributed by atoms with Crippen molar-refractivity contribution in [3.63, 3.8) is 0 Å². The average molecular weight is 416 g/mol. The highest BCUT2D eigenvalue weighted by Gasteiger charge is 2.13. The van der Waals surface area contributed by atoms with Crippen LogP contribution >= 0.6 is 46.1 Å². The molecule has 3 rings (SSSR count). The van der Waals surface area contributed by atoms with Gasteiger partial charge < -0.3 is 14.8 Å². The Bertz CT molecular complexity index is 915. The minimum atomic E-state index is 0.403. The summed E-state index contributed by atoms with van der Waals surface area (Å²) in [5, 5.41) is 7.05. The van der Waals surface area contributed by atoms with E-state index >= 15 is 0 Å². The van der Waals surface area contributed by atoms with Gasteiger partial charge in [-0.3, -0.25) is 0 Å². The van der Waals surface area contributed by atoms with E-state index in [9.17, 15) is 0 Å². The van der Waals surface area contributed by atoms with Crippen LogP contribution in [0.2, 0.25) is 15.1 Å². The van der Waals surface area contributed by atoms with Crippen LogP contribution in [0.15, 0.2) is 35.7 Å². The Balaban J connectivity index is 1.90. The maximum Gasteiger partial charge on any atom is 0.187 e. The molecule has 0 saturated heterocycles. The van der Waals surface area contributed by atoms with Crippen LogP contribution in [0, 0.1) is 0 Å². The van der Waals surface area contributed by atoms with Crippen molar-refractivity contribution in [2.45, 2.75) is 0 Å². The van der Waals surface area contributed by atoms with Crippen LogP contribution in [0.5, 0.6) is 11.5 Å².